The quantitative estimate of drug-likeness (QED) is 0.787. The number of nitrogens with zero attached hydrogens (tertiary/aromatic N) is 2. The lowest BCUT2D eigenvalue weighted by molar-refractivity contribution is 0.0984. The summed E-state index contributed by atoms with van der Waals surface area (Å²) in [5.74, 6) is -0.535. The summed E-state index contributed by atoms with van der Waals surface area (Å²) in [6.07, 6.45) is 1.53. The number of rotatable bonds is 3. The highest BCUT2D eigenvalue weighted by atomic mass is 35.5. The topological polar surface area (TPSA) is 34.9 Å². The second kappa shape index (κ2) is 4.67. The van der Waals surface area contributed by atoms with E-state index in [0.29, 0.717) is 16.3 Å². The first-order valence-electron chi connectivity index (χ1n) is 5.03. The van der Waals surface area contributed by atoms with Gasteiger partial charge in [-0.05, 0) is 17.7 Å². The molecule has 0 aliphatic heterocycles. The lowest BCUT2D eigenvalue weighted by atomic mass is 10.1. The molecule has 0 amide bonds. The third-order valence-electron chi connectivity index (χ3n) is 2.41. The summed E-state index contributed by atoms with van der Waals surface area (Å²) in [5.41, 5.74) is 0.961. The number of ketones is 1. The number of halogens is 2. The molecule has 0 aliphatic carbocycles. The van der Waals surface area contributed by atoms with Crippen molar-refractivity contribution in [3.05, 3.63) is 52.6 Å². The van der Waals surface area contributed by atoms with Crippen molar-refractivity contribution in [3.8, 4) is 0 Å². The Morgan fingerprint density at radius 3 is 2.88 bits per heavy atom. The number of aromatic nitrogens is 2. The molecule has 0 spiro atoms. The van der Waals surface area contributed by atoms with Gasteiger partial charge in [-0.3, -0.25) is 9.48 Å². The molecule has 1 aromatic heterocycles. The van der Waals surface area contributed by atoms with Gasteiger partial charge < -0.3 is 0 Å². The molecule has 0 atom stereocenters. The number of carbonyl (C=O) groups is 1. The number of carbonyl (C=O) groups excluding carboxylic acids is 1. The summed E-state index contributed by atoms with van der Waals surface area (Å²) < 4.78 is 14.4. The van der Waals surface area contributed by atoms with Crippen LogP contribution in [0.1, 0.15) is 16.1 Å². The van der Waals surface area contributed by atoms with E-state index in [-0.39, 0.29) is 18.0 Å². The van der Waals surface area contributed by atoms with Gasteiger partial charge in [-0.25, -0.2) is 4.39 Å². The average molecular weight is 253 g/mol. The Morgan fingerprint density at radius 2 is 2.29 bits per heavy atom. The number of Topliss-reactive ketones (excluding diaryl/α,β-unsaturated/α-hetero) is 1. The molecule has 2 aromatic rings. The van der Waals surface area contributed by atoms with E-state index in [1.807, 2.05) is 0 Å². The van der Waals surface area contributed by atoms with E-state index in [9.17, 15) is 9.18 Å². The van der Waals surface area contributed by atoms with Gasteiger partial charge in [0.2, 0.25) is 0 Å². The maximum absolute atomic E-state index is 13.0. The minimum atomic E-state index is -0.355. The molecule has 0 saturated carbocycles. The summed E-state index contributed by atoms with van der Waals surface area (Å²) in [6.45, 7) is 0. The van der Waals surface area contributed by atoms with Crippen molar-refractivity contribution in [2.75, 3.05) is 0 Å². The molecule has 1 heterocycles. The second-order valence-corrected chi connectivity index (χ2v) is 4.10. The third-order valence-corrected chi connectivity index (χ3v) is 2.69. The Morgan fingerprint density at radius 1 is 1.53 bits per heavy atom. The molecule has 17 heavy (non-hydrogen) atoms. The predicted molar refractivity (Wildman–Crippen MR) is 62.7 cm³/mol. The van der Waals surface area contributed by atoms with Crippen LogP contribution in [-0.4, -0.2) is 15.6 Å². The Labute approximate surface area is 103 Å². The zero-order chi connectivity index (χ0) is 12.4. The van der Waals surface area contributed by atoms with Gasteiger partial charge >= 0.3 is 0 Å². The fraction of sp³-hybridized carbons (Fsp3) is 0.167. The van der Waals surface area contributed by atoms with E-state index in [4.69, 9.17) is 11.6 Å². The monoisotopic (exact) mass is 252 g/mol. The van der Waals surface area contributed by atoms with E-state index in [2.05, 4.69) is 5.10 Å². The fourth-order valence-electron chi connectivity index (χ4n) is 1.64. The maximum atomic E-state index is 13.0. The van der Waals surface area contributed by atoms with Crippen LogP contribution in [0, 0.1) is 5.82 Å². The van der Waals surface area contributed by atoms with Crippen LogP contribution < -0.4 is 0 Å². The minimum absolute atomic E-state index is 0.108. The summed E-state index contributed by atoms with van der Waals surface area (Å²) in [7, 11) is 1.64. The minimum Gasteiger partial charge on any atom is -0.292 e. The fourth-order valence-corrected chi connectivity index (χ4v) is 1.91. The van der Waals surface area contributed by atoms with Crippen LogP contribution in [0.3, 0.4) is 0 Å². The zero-order valence-corrected chi connectivity index (χ0v) is 9.91. The van der Waals surface area contributed by atoms with Crippen molar-refractivity contribution in [2.45, 2.75) is 6.42 Å². The number of aryl methyl sites for hydroxylation is 1. The van der Waals surface area contributed by atoms with Gasteiger partial charge in [-0.1, -0.05) is 23.7 Å². The van der Waals surface area contributed by atoms with Crippen molar-refractivity contribution in [2.24, 2.45) is 7.05 Å². The SMILES string of the molecule is Cn1ncc(Cl)c1C(=O)Cc1cccc(F)c1. The number of hydrogen-bond acceptors (Lipinski definition) is 2. The highest BCUT2D eigenvalue weighted by Gasteiger charge is 2.15. The standard InChI is InChI=1S/C12H10ClFN2O/c1-16-12(10(13)7-15-16)11(17)6-8-3-2-4-9(14)5-8/h2-5,7H,6H2,1H3. The molecule has 0 unspecified atom stereocenters. The average Bonchev–Trinajstić information content (AvgIpc) is 2.58. The second-order valence-electron chi connectivity index (χ2n) is 3.69. The molecule has 3 nitrogen and oxygen atoms in total. The van der Waals surface area contributed by atoms with Crippen LogP contribution in [0.4, 0.5) is 4.39 Å². The highest BCUT2D eigenvalue weighted by Crippen LogP contribution is 2.17. The molecule has 1 aromatic carbocycles. The Kier molecular flexibility index (Phi) is 3.24. The first kappa shape index (κ1) is 11.8. The van der Waals surface area contributed by atoms with E-state index in [0.717, 1.165) is 0 Å². The Balaban J connectivity index is 2.23. The molecular formula is C12H10ClFN2O. The normalized spacial score (nSPS) is 10.5. The lowest BCUT2D eigenvalue weighted by Crippen LogP contribution is -2.10. The van der Waals surface area contributed by atoms with E-state index in [1.165, 1.54) is 23.0 Å². The van der Waals surface area contributed by atoms with Gasteiger partial charge in [0.15, 0.2) is 5.78 Å². The van der Waals surface area contributed by atoms with Crippen LogP contribution in [-0.2, 0) is 13.5 Å². The van der Waals surface area contributed by atoms with E-state index in [1.54, 1.807) is 19.2 Å². The van der Waals surface area contributed by atoms with Crippen LogP contribution in [0.25, 0.3) is 0 Å². The van der Waals surface area contributed by atoms with Crippen molar-refractivity contribution in [3.63, 3.8) is 0 Å². The van der Waals surface area contributed by atoms with Gasteiger partial charge in [0.25, 0.3) is 0 Å². The molecule has 88 valence electrons. The smallest absolute Gasteiger partial charge is 0.186 e. The van der Waals surface area contributed by atoms with E-state index >= 15 is 0 Å². The van der Waals surface area contributed by atoms with Crippen LogP contribution in [0.2, 0.25) is 5.02 Å². The Hall–Kier alpha value is -1.68. The largest absolute Gasteiger partial charge is 0.292 e. The Bertz CT molecular complexity index is 546. The van der Waals surface area contributed by atoms with Gasteiger partial charge in [-0.2, -0.15) is 5.10 Å². The van der Waals surface area contributed by atoms with Gasteiger partial charge in [0.1, 0.15) is 11.5 Å². The first-order chi connectivity index (χ1) is 8.08. The molecule has 0 fully saturated rings. The van der Waals surface area contributed by atoms with Crippen molar-refractivity contribution >= 4 is 17.4 Å². The van der Waals surface area contributed by atoms with Gasteiger partial charge in [0, 0.05) is 13.5 Å². The summed E-state index contributed by atoms with van der Waals surface area (Å²) in [4.78, 5) is 12.0. The number of benzene rings is 1. The summed E-state index contributed by atoms with van der Waals surface area (Å²) in [6, 6.07) is 5.95. The van der Waals surface area contributed by atoms with Gasteiger partial charge in [-0.15, -0.1) is 0 Å². The maximum Gasteiger partial charge on any atom is 0.186 e. The van der Waals surface area contributed by atoms with Crippen molar-refractivity contribution < 1.29 is 9.18 Å². The van der Waals surface area contributed by atoms with Crippen molar-refractivity contribution in [1.82, 2.24) is 9.78 Å². The molecule has 2 rings (SSSR count). The summed E-state index contributed by atoms with van der Waals surface area (Å²) in [5, 5.41) is 4.20. The molecule has 5 heteroatoms. The molecule has 0 saturated heterocycles. The molecular weight excluding hydrogens is 243 g/mol. The highest BCUT2D eigenvalue weighted by molar-refractivity contribution is 6.33. The molecule has 0 aliphatic rings. The van der Waals surface area contributed by atoms with Gasteiger partial charge in [0.05, 0.1) is 11.2 Å². The summed E-state index contributed by atoms with van der Waals surface area (Å²) >= 11 is 5.86. The number of hydrogen-bond donors (Lipinski definition) is 0. The van der Waals surface area contributed by atoms with Crippen molar-refractivity contribution in [1.29, 1.82) is 0 Å². The van der Waals surface area contributed by atoms with Crippen LogP contribution in [0.15, 0.2) is 30.5 Å². The van der Waals surface area contributed by atoms with Crippen LogP contribution >= 0.6 is 11.6 Å². The third kappa shape index (κ3) is 2.53. The molecule has 0 radical (unpaired) electrons. The van der Waals surface area contributed by atoms with E-state index < -0.39 is 0 Å². The van der Waals surface area contributed by atoms with Crippen LogP contribution in [0.5, 0.6) is 0 Å². The lowest BCUT2D eigenvalue weighted by Gasteiger charge is -2.02. The zero-order valence-electron chi connectivity index (χ0n) is 9.15. The molecule has 0 bridgehead atoms. The first-order valence-corrected chi connectivity index (χ1v) is 5.41. The molecule has 0 N–H and O–H groups in total. The predicted octanol–water partition coefficient (Wildman–Crippen LogP) is 2.64.